The summed E-state index contributed by atoms with van der Waals surface area (Å²) in [6, 6.07) is 0. The number of carboxylic acid groups (broad SMARTS) is 5. The van der Waals surface area contributed by atoms with E-state index in [2.05, 4.69) is 0 Å². The number of carboxylic acids is 5. The van der Waals surface area contributed by atoms with E-state index in [4.69, 9.17) is 25.5 Å². The second kappa shape index (κ2) is 10.7. The van der Waals surface area contributed by atoms with E-state index >= 15 is 0 Å². The second-order valence-electron chi connectivity index (χ2n) is 4.97. The molecule has 0 aromatic heterocycles. The van der Waals surface area contributed by atoms with Crippen LogP contribution >= 0.6 is 0 Å². The zero-order valence-corrected chi connectivity index (χ0v) is 15.5. The summed E-state index contributed by atoms with van der Waals surface area (Å²) in [6.07, 6.45) is -4.58. The Morgan fingerprint density at radius 3 is 1.09 bits per heavy atom. The molecule has 10 nitrogen and oxygen atoms in total. The Bertz CT molecular complexity index is 435. The van der Waals surface area contributed by atoms with E-state index in [1.165, 1.54) is 0 Å². The van der Waals surface area contributed by atoms with Crippen molar-refractivity contribution in [2.24, 2.45) is 11.3 Å². The number of aliphatic carboxylic acids is 5. The van der Waals surface area contributed by atoms with Gasteiger partial charge in [0.1, 0.15) is 0 Å². The fraction of sp³-hybridized carbons (Fsp3) is 0.583. The van der Waals surface area contributed by atoms with Crippen LogP contribution in [0.15, 0.2) is 0 Å². The van der Waals surface area contributed by atoms with Gasteiger partial charge in [0.05, 0.1) is 19.3 Å². The Labute approximate surface area is 174 Å². The van der Waals surface area contributed by atoms with Crippen LogP contribution in [0, 0.1) is 11.3 Å². The fourth-order valence-electron chi connectivity index (χ4n) is 2.45. The zero-order chi connectivity index (χ0) is 17.5. The van der Waals surface area contributed by atoms with Crippen molar-refractivity contribution in [3.05, 3.63) is 0 Å². The molecule has 0 aliphatic carbocycles. The van der Waals surface area contributed by atoms with E-state index in [9.17, 15) is 24.0 Å². The van der Waals surface area contributed by atoms with Gasteiger partial charge < -0.3 is 27.0 Å². The molecule has 0 heterocycles. The maximum absolute atomic E-state index is 11.0. The van der Waals surface area contributed by atoms with Crippen molar-refractivity contribution in [1.82, 2.24) is 0 Å². The molecule has 0 aromatic carbocycles. The average Bonchev–Trinajstić information content (AvgIpc) is 2.23. The van der Waals surface area contributed by atoms with Crippen LogP contribution in [-0.2, 0) is 24.0 Å². The SMILES string of the molecule is O=C(O)CC(CC(=O)O)C(CC(=O)O)(CC(=O)O)CC(=O)O.[H-].[K+]. The molecule has 23 heavy (non-hydrogen) atoms. The van der Waals surface area contributed by atoms with E-state index in [1.54, 1.807) is 0 Å². The average molecular weight is 360 g/mol. The number of carbonyl (C=O) groups is 5. The molecule has 0 rings (SSSR count). The largest absolute Gasteiger partial charge is 1.00 e. The van der Waals surface area contributed by atoms with Crippen LogP contribution in [0.4, 0.5) is 0 Å². The molecule has 0 spiro atoms. The predicted molar refractivity (Wildman–Crippen MR) is 68.3 cm³/mol. The summed E-state index contributed by atoms with van der Waals surface area (Å²) in [7, 11) is 0. The molecule has 0 saturated heterocycles. The fourth-order valence-corrected chi connectivity index (χ4v) is 2.45. The van der Waals surface area contributed by atoms with Gasteiger partial charge >= 0.3 is 81.2 Å². The van der Waals surface area contributed by atoms with Crippen molar-refractivity contribution in [2.45, 2.75) is 32.1 Å². The van der Waals surface area contributed by atoms with E-state index in [0.717, 1.165) is 0 Å². The number of hydrogen-bond acceptors (Lipinski definition) is 5. The first-order valence-electron chi connectivity index (χ1n) is 6.07. The van der Waals surface area contributed by atoms with Crippen LogP contribution in [0.3, 0.4) is 0 Å². The van der Waals surface area contributed by atoms with E-state index in [1.807, 2.05) is 0 Å². The predicted octanol–water partition coefficient (Wildman–Crippen LogP) is -2.92. The Morgan fingerprint density at radius 1 is 0.652 bits per heavy atom. The summed E-state index contributed by atoms with van der Waals surface area (Å²) >= 11 is 0. The van der Waals surface area contributed by atoms with E-state index in [0.29, 0.717) is 0 Å². The third kappa shape index (κ3) is 9.66. The van der Waals surface area contributed by atoms with Gasteiger partial charge in [0.2, 0.25) is 0 Å². The summed E-state index contributed by atoms with van der Waals surface area (Å²) in [5.74, 6) is -9.02. The van der Waals surface area contributed by atoms with Crippen LogP contribution in [0.1, 0.15) is 33.5 Å². The van der Waals surface area contributed by atoms with Gasteiger partial charge in [-0.25, -0.2) is 0 Å². The molecule has 0 radical (unpaired) electrons. The molecule has 0 atom stereocenters. The van der Waals surface area contributed by atoms with Gasteiger partial charge in [0, 0.05) is 18.3 Å². The van der Waals surface area contributed by atoms with Crippen LogP contribution in [0.25, 0.3) is 0 Å². The quantitative estimate of drug-likeness (QED) is 0.239. The topological polar surface area (TPSA) is 186 Å². The van der Waals surface area contributed by atoms with Crippen molar-refractivity contribution < 1.29 is 102 Å². The Morgan fingerprint density at radius 2 is 0.913 bits per heavy atom. The molecule has 5 N–H and O–H groups in total. The normalized spacial score (nSPS) is 10.7. The number of hydrogen-bond donors (Lipinski definition) is 5. The molecular weight excluding hydrogens is 343 g/mol. The third-order valence-electron chi connectivity index (χ3n) is 3.22. The van der Waals surface area contributed by atoms with Gasteiger partial charge in [-0.3, -0.25) is 24.0 Å². The minimum Gasteiger partial charge on any atom is -1.00 e. The first kappa shape index (κ1) is 24.2. The minimum atomic E-state index is -2.01. The Kier molecular flexibility index (Phi) is 11.3. The third-order valence-corrected chi connectivity index (χ3v) is 3.22. The second-order valence-corrected chi connectivity index (χ2v) is 4.97. The summed E-state index contributed by atoms with van der Waals surface area (Å²) in [5.41, 5.74) is -2.01. The Balaban J connectivity index is -0.00000220. The van der Waals surface area contributed by atoms with Gasteiger partial charge in [0.25, 0.3) is 0 Å². The molecule has 0 amide bonds. The van der Waals surface area contributed by atoms with Gasteiger partial charge in [-0.05, 0) is 5.92 Å². The van der Waals surface area contributed by atoms with Crippen LogP contribution in [0.2, 0.25) is 0 Å². The van der Waals surface area contributed by atoms with Crippen LogP contribution in [-0.4, -0.2) is 55.4 Å². The molecule has 0 unspecified atom stereocenters. The maximum atomic E-state index is 11.0. The van der Waals surface area contributed by atoms with E-state index < -0.39 is 73.3 Å². The summed E-state index contributed by atoms with van der Waals surface area (Å²) in [6.45, 7) is 0. The number of rotatable bonds is 11. The van der Waals surface area contributed by atoms with Crippen molar-refractivity contribution in [3.8, 4) is 0 Å². The molecule has 0 aromatic rings. The van der Waals surface area contributed by atoms with Crippen LogP contribution in [0.5, 0.6) is 0 Å². The summed E-state index contributed by atoms with van der Waals surface area (Å²) < 4.78 is 0. The molecule has 0 aliphatic heterocycles. The molecule has 0 aliphatic rings. The van der Waals surface area contributed by atoms with Crippen molar-refractivity contribution in [2.75, 3.05) is 0 Å². The van der Waals surface area contributed by atoms with Crippen LogP contribution < -0.4 is 51.4 Å². The van der Waals surface area contributed by atoms with E-state index in [-0.39, 0.29) is 52.8 Å². The van der Waals surface area contributed by atoms with Crippen molar-refractivity contribution in [3.63, 3.8) is 0 Å². The smallest absolute Gasteiger partial charge is 1.00 e. The van der Waals surface area contributed by atoms with Gasteiger partial charge in [-0.1, -0.05) is 0 Å². The summed E-state index contributed by atoms with van der Waals surface area (Å²) in [4.78, 5) is 54.6. The molecule has 0 saturated carbocycles. The summed E-state index contributed by atoms with van der Waals surface area (Å²) in [5, 5.41) is 44.4. The molecular formula is C12H17KO10. The van der Waals surface area contributed by atoms with Gasteiger partial charge in [-0.2, -0.15) is 0 Å². The first-order chi connectivity index (χ1) is 9.98. The molecule has 11 heteroatoms. The van der Waals surface area contributed by atoms with Gasteiger partial charge in [-0.15, -0.1) is 0 Å². The standard InChI is InChI=1S/C12H16O10.K.H/c13-7(14)1-6(2-8(15)16)12(3-9(17)18,4-10(19)20)5-11(21)22;;/h6H,1-5H2,(H,13,14)(H,15,16)(H,17,18)(H,19,20)(H,21,22);;/q;+1;-1. The molecule has 0 bridgehead atoms. The molecule has 0 fully saturated rings. The first-order valence-corrected chi connectivity index (χ1v) is 6.07. The minimum absolute atomic E-state index is 0. The Hall–Kier alpha value is -1.01. The van der Waals surface area contributed by atoms with Gasteiger partial charge in [0.15, 0.2) is 0 Å². The van der Waals surface area contributed by atoms with Crippen molar-refractivity contribution >= 4 is 29.8 Å². The molecule has 126 valence electrons. The maximum Gasteiger partial charge on any atom is 1.00 e. The zero-order valence-electron chi connectivity index (χ0n) is 13.4. The van der Waals surface area contributed by atoms with Crippen molar-refractivity contribution in [1.29, 1.82) is 0 Å². The monoisotopic (exact) mass is 360 g/mol.